The second-order valence-corrected chi connectivity index (χ2v) is 6.46. The number of anilines is 1. The minimum absolute atomic E-state index is 0.201. The summed E-state index contributed by atoms with van der Waals surface area (Å²) in [6.45, 7) is 1.93. The van der Waals surface area contributed by atoms with Crippen molar-refractivity contribution in [3.05, 3.63) is 29.8 Å². The summed E-state index contributed by atoms with van der Waals surface area (Å²) in [7, 11) is 3.81. The SMILES string of the molecule is CC1CCCCC1NC(=O)COC(=O)c1cccc(N(C)C)c1. The molecule has 2 rings (SSSR count). The number of nitrogens with one attached hydrogen (secondary N) is 1. The van der Waals surface area contributed by atoms with Gasteiger partial charge >= 0.3 is 5.97 Å². The molecule has 1 fully saturated rings. The average Bonchev–Trinajstić information content (AvgIpc) is 2.55. The number of esters is 1. The van der Waals surface area contributed by atoms with Gasteiger partial charge in [-0.3, -0.25) is 4.79 Å². The summed E-state index contributed by atoms with van der Waals surface area (Å²) >= 11 is 0. The standard InChI is InChI=1S/C18H26N2O3/c1-13-7-4-5-10-16(13)19-17(21)12-23-18(22)14-8-6-9-15(11-14)20(2)3/h6,8-9,11,13,16H,4-5,7,10,12H2,1-3H3,(H,19,21). The lowest BCUT2D eigenvalue weighted by atomic mass is 9.86. The Kier molecular flexibility index (Phi) is 6.02. The predicted molar refractivity (Wildman–Crippen MR) is 90.6 cm³/mol. The quantitative estimate of drug-likeness (QED) is 0.848. The highest BCUT2D eigenvalue weighted by Crippen LogP contribution is 2.23. The normalized spacial score (nSPS) is 20.7. The molecule has 1 amide bonds. The number of nitrogens with zero attached hydrogens (tertiary/aromatic N) is 1. The third kappa shape index (κ3) is 4.98. The van der Waals surface area contributed by atoms with Crippen LogP contribution in [0.5, 0.6) is 0 Å². The minimum atomic E-state index is -0.472. The van der Waals surface area contributed by atoms with E-state index in [4.69, 9.17) is 4.74 Å². The molecule has 0 radical (unpaired) electrons. The molecule has 0 aliphatic heterocycles. The molecule has 23 heavy (non-hydrogen) atoms. The van der Waals surface area contributed by atoms with Gasteiger partial charge in [0.05, 0.1) is 5.56 Å². The molecular weight excluding hydrogens is 292 g/mol. The van der Waals surface area contributed by atoms with Gasteiger partial charge in [-0.05, 0) is 37.0 Å². The van der Waals surface area contributed by atoms with Crippen molar-refractivity contribution >= 4 is 17.6 Å². The highest BCUT2D eigenvalue weighted by molar-refractivity contribution is 5.92. The molecule has 0 aromatic heterocycles. The maximum Gasteiger partial charge on any atom is 0.338 e. The van der Waals surface area contributed by atoms with E-state index in [1.165, 1.54) is 6.42 Å². The van der Waals surface area contributed by atoms with Gasteiger partial charge in [-0.2, -0.15) is 0 Å². The molecule has 1 aromatic rings. The number of amides is 1. The maximum atomic E-state index is 12.1. The smallest absolute Gasteiger partial charge is 0.338 e. The van der Waals surface area contributed by atoms with Crippen LogP contribution in [0.25, 0.3) is 0 Å². The van der Waals surface area contributed by atoms with E-state index in [2.05, 4.69) is 12.2 Å². The fraction of sp³-hybridized carbons (Fsp3) is 0.556. The Morgan fingerprint density at radius 1 is 1.26 bits per heavy atom. The van der Waals surface area contributed by atoms with Crippen LogP contribution in [0.4, 0.5) is 5.69 Å². The molecule has 0 spiro atoms. The van der Waals surface area contributed by atoms with Crippen LogP contribution >= 0.6 is 0 Å². The molecular formula is C18H26N2O3. The van der Waals surface area contributed by atoms with E-state index in [0.29, 0.717) is 11.5 Å². The van der Waals surface area contributed by atoms with Crippen LogP contribution in [0, 0.1) is 5.92 Å². The van der Waals surface area contributed by atoms with E-state index < -0.39 is 5.97 Å². The fourth-order valence-electron chi connectivity index (χ4n) is 2.90. The topological polar surface area (TPSA) is 58.6 Å². The third-order valence-electron chi connectivity index (χ3n) is 4.39. The second-order valence-electron chi connectivity index (χ2n) is 6.46. The lowest BCUT2D eigenvalue weighted by molar-refractivity contribution is -0.125. The molecule has 126 valence electrons. The Hall–Kier alpha value is -2.04. The van der Waals surface area contributed by atoms with Crippen LogP contribution in [0.1, 0.15) is 43.0 Å². The molecule has 5 nitrogen and oxygen atoms in total. The zero-order valence-electron chi connectivity index (χ0n) is 14.2. The van der Waals surface area contributed by atoms with Crippen molar-refractivity contribution in [2.45, 2.75) is 38.6 Å². The molecule has 1 saturated carbocycles. The van der Waals surface area contributed by atoms with Crippen LogP contribution < -0.4 is 10.2 Å². The van der Waals surface area contributed by atoms with Crippen LogP contribution in [0.2, 0.25) is 0 Å². The molecule has 0 saturated heterocycles. The van der Waals surface area contributed by atoms with Gasteiger partial charge in [0.2, 0.25) is 0 Å². The van der Waals surface area contributed by atoms with E-state index in [0.717, 1.165) is 24.9 Å². The van der Waals surface area contributed by atoms with Gasteiger partial charge in [0, 0.05) is 25.8 Å². The van der Waals surface area contributed by atoms with Crippen molar-refractivity contribution in [3.63, 3.8) is 0 Å². The monoisotopic (exact) mass is 318 g/mol. The number of hydrogen-bond acceptors (Lipinski definition) is 4. The van der Waals surface area contributed by atoms with Gasteiger partial charge in [0.1, 0.15) is 0 Å². The summed E-state index contributed by atoms with van der Waals surface area (Å²) in [5.74, 6) is -0.207. The summed E-state index contributed by atoms with van der Waals surface area (Å²) in [5.41, 5.74) is 1.37. The molecule has 1 aromatic carbocycles. The Labute approximate surface area is 138 Å². The lowest BCUT2D eigenvalue weighted by Crippen LogP contribution is -2.42. The van der Waals surface area contributed by atoms with Gasteiger partial charge in [-0.1, -0.05) is 25.8 Å². The first-order valence-corrected chi connectivity index (χ1v) is 8.21. The van der Waals surface area contributed by atoms with E-state index in [1.807, 2.05) is 25.1 Å². The summed E-state index contributed by atoms with van der Waals surface area (Å²) in [6.07, 6.45) is 4.52. The van der Waals surface area contributed by atoms with Crippen LogP contribution in [-0.4, -0.2) is 38.6 Å². The van der Waals surface area contributed by atoms with Gasteiger partial charge < -0.3 is 15.0 Å². The van der Waals surface area contributed by atoms with Crippen molar-refractivity contribution in [2.24, 2.45) is 5.92 Å². The van der Waals surface area contributed by atoms with E-state index >= 15 is 0 Å². The van der Waals surface area contributed by atoms with Crippen molar-refractivity contribution in [1.82, 2.24) is 5.32 Å². The molecule has 1 aliphatic rings. The molecule has 2 atom stereocenters. The number of rotatable bonds is 5. The highest BCUT2D eigenvalue weighted by atomic mass is 16.5. The first kappa shape index (κ1) is 17.3. The summed E-state index contributed by atoms with van der Waals surface area (Å²) in [4.78, 5) is 25.9. The number of benzene rings is 1. The van der Waals surface area contributed by atoms with Gasteiger partial charge in [0.15, 0.2) is 6.61 Å². The third-order valence-corrected chi connectivity index (χ3v) is 4.39. The Balaban J connectivity index is 1.84. The summed E-state index contributed by atoms with van der Waals surface area (Å²) in [6, 6.07) is 7.36. The number of ether oxygens (including phenoxy) is 1. The lowest BCUT2D eigenvalue weighted by Gasteiger charge is -2.29. The molecule has 0 bridgehead atoms. The fourth-order valence-corrected chi connectivity index (χ4v) is 2.90. The average molecular weight is 318 g/mol. The Bertz CT molecular complexity index is 557. The Morgan fingerprint density at radius 2 is 2.00 bits per heavy atom. The molecule has 5 heteroatoms. The van der Waals surface area contributed by atoms with Crippen molar-refractivity contribution in [1.29, 1.82) is 0 Å². The van der Waals surface area contributed by atoms with Gasteiger partial charge in [-0.15, -0.1) is 0 Å². The number of carbonyl (C=O) groups is 2. The Morgan fingerprint density at radius 3 is 2.70 bits per heavy atom. The molecule has 2 unspecified atom stereocenters. The summed E-state index contributed by atoms with van der Waals surface area (Å²) < 4.78 is 5.13. The van der Waals surface area contributed by atoms with E-state index in [9.17, 15) is 9.59 Å². The van der Waals surface area contributed by atoms with Gasteiger partial charge in [-0.25, -0.2) is 4.79 Å². The van der Waals surface area contributed by atoms with Crippen LogP contribution in [0.3, 0.4) is 0 Å². The van der Waals surface area contributed by atoms with Gasteiger partial charge in [0.25, 0.3) is 5.91 Å². The minimum Gasteiger partial charge on any atom is -0.452 e. The maximum absolute atomic E-state index is 12.1. The van der Waals surface area contributed by atoms with Crippen LogP contribution in [0.15, 0.2) is 24.3 Å². The zero-order valence-corrected chi connectivity index (χ0v) is 14.2. The first-order chi connectivity index (χ1) is 11.0. The molecule has 1 aliphatic carbocycles. The predicted octanol–water partition coefficient (Wildman–Crippen LogP) is 2.60. The number of hydrogen-bond donors (Lipinski definition) is 1. The highest BCUT2D eigenvalue weighted by Gasteiger charge is 2.23. The second kappa shape index (κ2) is 7.99. The summed E-state index contributed by atoms with van der Waals surface area (Å²) in [5, 5.41) is 2.98. The molecule has 1 N–H and O–H groups in total. The first-order valence-electron chi connectivity index (χ1n) is 8.21. The van der Waals surface area contributed by atoms with Crippen molar-refractivity contribution in [2.75, 3.05) is 25.6 Å². The molecule has 0 heterocycles. The zero-order chi connectivity index (χ0) is 16.8. The number of carbonyl (C=O) groups excluding carboxylic acids is 2. The van der Waals surface area contributed by atoms with Crippen molar-refractivity contribution in [3.8, 4) is 0 Å². The van der Waals surface area contributed by atoms with E-state index in [-0.39, 0.29) is 18.6 Å². The van der Waals surface area contributed by atoms with Crippen molar-refractivity contribution < 1.29 is 14.3 Å². The van der Waals surface area contributed by atoms with Crippen LogP contribution in [-0.2, 0) is 9.53 Å². The van der Waals surface area contributed by atoms with E-state index in [1.54, 1.807) is 18.2 Å². The largest absolute Gasteiger partial charge is 0.452 e.